The van der Waals surface area contributed by atoms with Crippen molar-refractivity contribution in [1.82, 2.24) is 0 Å². The van der Waals surface area contributed by atoms with Crippen LogP contribution in [0.5, 0.6) is 0 Å². The van der Waals surface area contributed by atoms with E-state index in [1.54, 1.807) is 6.92 Å². The molecule has 3 heteroatoms. The second-order valence-electron chi connectivity index (χ2n) is 7.98. The van der Waals surface area contributed by atoms with Crippen LogP contribution in [0.3, 0.4) is 0 Å². The van der Waals surface area contributed by atoms with Crippen LogP contribution in [0.15, 0.2) is 0 Å². The molecule has 3 nitrogen and oxygen atoms in total. The van der Waals surface area contributed by atoms with E-state index in [2.05, 4.69) is 41.5 Å². The first-order chi connectivity index (χ1) is 9.60. The minimum absolute atomic E-state index is 0.0496. The lowest BCUT2D eigenvalue weighted by Crippen LogP contribution is -2.56. The van der Waals surface area contributed by atoms with Crippen LogP contribution >= 0.6 is 0 Å². The molecule has 0 saturated heterocycles. The van der Waals surface area contributed by atoms with Gasteiger partial charge in [-0.15, -0.1) is 0 Å². The molecule has 1 aliphatic carbocycles. The number of Topliss-reactive ketones (excluding diaryl/α,β-unsaturated/α-hetero) is 1. The van der Waals surface area contributed by atoms with Gasteiger partial charge in [-0.05, 0) is 30.6 Å². The van der Waals surface area contributed by atoms with E-state index in [4.69, 9.17) is 9.47 Å². The fourth-order valence-corrected chi connectivity index (χ4v) is 4.64. The van der Waals surface area contributed by atoms with Crippen LogP contribution in [0.1, 0.15) is 74.1 Å². The van der Waals surface area contributed by atoms with Gasteiger partial charge in [-0.2, -0.15) is 0 Å². The predicted octanol–water partition coefficient (Wildman–Crippen LogP) is 4.59. The maximum Gasteiger partial charge on any atom is 0.169 e. The molecular weight excluding hydrogens is 264 g/mol. The van der Waals surface area contributed by atoms with Crippen molar-refractivity contribution in [2.45, 2.75) is 79.9 Å². The van der Waals surface area contributed by atoms with Crippen LogP contribution in [0.2, 0.25) is 0 Å². The third kappa shape index (κ3) is 4.29. The summed E-state index contributed by atoms with van der Waals surface area (Å²) in [5.74, 6) is -0.205. The molecule has 0 N–H and O–H groups in total. The Hall–Kier alpha value is -0.410. The van der Waals surface area contributed by atoms with E-state index in [0.717, 1.165) is 25.7 Å². The van der Waals surface area contributed by atoms with E-state index in [0.29, 0.717) is 13.2 Å². The Labute approximate surface area is 130 Å². The average molecular weight is 298 g/mol. The van der Waals surface area contributed by atoms with Gasteiger partial charge in [0.1, 0.15) is 5.78 Å². The summed E-state index contributed by atoms with van der Waals surface area (Å²) < 4.78 is 12.4. The smallest absolute Gasteiger partial charge is 0.169 e. The van der Waals surface area contributed by atoms with Crippen molar-refractivity contribution < 1.29 is 14.3 Å². The van der Waals surface area contributed by atoms with Crippen LogP contribution < -0.4 is 0 Å². The average Bonchev–Trinajstić information content (AvgIpc) is 2.30. The molecule has 0 aromatic rings. The highest BCUT2D eigenvalue weighted by atomic mass is 16.7. The monoisotopic (exact) mass is 298 g/mol. The maximum atomic E-state index is 12.2. The second-order valence-corrected chi connectivity index (χ2v) is 7.98. The Kier molecular flexibility index (Phi) is 6.02. The molecule has 1 fully saturated rings. The van der Waals surface area contributed by atoms with Gasteiger partial charge in [0.15, 0.2) is 5.79 Å². The standard InChI is InChI=1S/C18H34O3/c1-8-10-20-18(21-11-9-2)12-16(4,5)15(14(3)19)17(6,7)13-18/h15H,8-13H2,1-7H3. The van der Waals surface area contributed by atoms with Crippen molar-refractivity contribution in [2.24, 2.45) is 16.7 Å². The van der Waals surface area contributed by atoms with E-state index in [9.17, 15) is 4.79 Å². The van der Waals surface area contributed by atoms with Crippen molar-refractivity contribution in [3.63, 3.8) is 0 Å². The fourth-order valence-electron chi connectivity index (χ4n) is 4.64. The molecule has 21 heavy (non-hydrogen) atoms. The van der Waals surface area contributed by atoms with E-state index < -0.39 is 5.79 Å². The maximum absolute atomic E-state index is 12.2. The molecule has 1 aliphatic rings. The van der Waals surface area contributed by atoms with Crippen molar-refractivity contribution in [3.05, 3.63) is 0 Å². The molecule has 0 aliphatic heterocycles. The number of hydrogen-bond acceptors (Lipinski definition) is 3. The number of hydrogen-bond donors (Lipinski definition) is 0. The van der Waals surface area contributed by atoms with Gasteiger partial charge < -0.3 is 9.47 Å². The van der Waals surface area contributed by atoms with Gasteiger partial charge in [0.25, 0.3) is 0 Å². The number of rotatable bonds is 7. The molecule has 0 heterocycles. The Balaban J connectivity index is 3.10. The molecule has 0 bridgehead atoms. The Morgan fingerprint density at radius 2 is 1.33 bits per heavy atom. The van der Waals surface area contributed by atoms with E-state index >= 15 is 0 Å². The lowest BCUT2D eigenvalue weighted by atomic mass is 9.54. The molecule has 0 amide bonds. The van der Waals surface area contributed by atoms with Crippen LogP contribution in [-0.2, 0) is 14.3 Å². The first kappa shape index (κ1) is 18.6. The lowest BCUT2D eigenvalue weighted by molar-refractivity contribution is -0.292. The molecule has 0 unspecified atom stereocenters. The topological polar surface area (TPSA) is 35.5 Å². The minimum atomic E-state index is -0.537. The van der Waals surface area contributed by atoms with Gasteiger partial charge in [-0.25, -0.2) is 0 Å². The molecule has 0 radical (unpaired) electrons. The molecule has 124 valence electrons. The second kappa shape index (κ2) is 6.78. The number of ketones is 1. The van der Waals surface area contributed by atoms with Crippen LogP contribution in [0, 0.1) is 16.7 Å². The minimum Gasteiger partial charge on any atom is -0.350 e. The van der Waals surface area contributed by atoms with E-state index in [1.807, 2.05) is 0 Å². The van der Waals surface area contributed by atoms with Crippen LogP contribution in [0.4, 0.5) is 0 Å². The lowest BCUT2D eigenvalue weighted by Gasteiger charge is -2.55. The zero-order chi connectivity index (χ0) is 16.3. The summed E-state index contributed by atoms with van der Waals surface area (Å²) in [5, 5.41) is 0. The van der Waals surface area contributed by atoms with Crippen molar-refractivity contribution in [3.8, 4) is 0 Å². The van der Waals surface area contributed by atoms with Gasteiger partial charge in [0.2, 0.25) is 0 Å². The molecular formula is C18H34O3. The van der Waals surface area contributed by atoms with Crippen LogP contribution in [0.25, 0.3) is 0 Å². The fraction of sp³-hybridized carbons (Fsp3) is 0.944. The summed E-state index contributed by atoms with van der Waals surface area (Å²) in [5.41, 5.74) is -0.232. The summed E-state index contributed by atoms with van der Waals surface area (Å²) in [7, 11) is 0. The van der Waals surface area contributed by atoms with Crippen molar-refractivity contribution in [2.75, 3.05) is 13.2 Å². The summed E-state index contributed by atoms with van der Waals surface area (Å²) in [6.45, 7) is 16.1. The largest absolute Gasteiger partial charge is 0.350 e. The first-order valence-electron chi connectivity index (χ1n) is 8.38. The summed E-state index contributed by atoms with van der Waals surface area (Å²) >= 11 is 0. The first-order valence-corrected chi connectivity index (χ1v) is 8.38. The molecule has 0 aromatic heterocycles. The summed E-state index contributed by atoms with van der Waals surface area (Å²) in [6.07, 6.45) is 3.53. The number of carbonyl (C=O) groups excluding carboxylic acids is 1. The van der Waals surface area contributed by atoms with E-state index in [-0.39, 0.29) is 22.5 Å². The number of ether oxygens (including phenoxy) is 2. The van der Waals surface area contributed by atoms with Gasteiger partial charge >= 0.3 is 0 Å². The zero-order valence-corrected chi connectivity index (χ0v) is 15.0. The highest BCUT2D eigenvalue weighted by Gasteiger charge is 2.56. The van der Waals surface area contributed by atoms with Gasteiger partial charge in [0.05, 0.1) is 0 Å². The SMILES string of the molecule is CCCOC1(OCCC)CC(C)(C)C(C(C)=O)C(C)(C)C1. The van der Waals surface area contributed by atoms with Crippen LogP contribution in [-0.4, -0.2) is 24.8 Å². The molecule has 1 rings (SSSR count). The Morgan fingerprint density at radius 3 is 1.62 bits per heavy atom. The Bertz CT molecular complexity index is 329. The Morgan fingerprint density at radius 1 is 0.952 bits per heavy atom. The van der Waals surface area contributed by atoms with Crippen molar-refractivity contribution >= 4 is 5.78 Å². The zero-order valence-electron chi connectivity index (χ0n) is 15.0. The molecule has 0 atom stereocenters. The quantitative estimate of drug-likeness (QED) is 0.645. The summed E-state index contributed by atoms with van der Waals surface area (Å²) in [4.78, 5) is 12.2. The van der Waals surface area contributed by atoms with E-state index in [1.165, 1.54) is 0 Å². The van der Waals surface area contributed by atoms with Gasteiger partial charge in [-0.3, -0.25) is 4.79 Å². The highest BCUT2D eigenvalue weighted by molar-refractivity contribution is 5.80. The summed E-state index contributed by atoms with van der Waals surface area (Å²) in [6, 6.07) is 0. The molecule has 1 saturated carbocycles. The molecule has 0 spiro atoms. The highest BCUT2D eigenvalue weighted by Crippen LogP contribution is 2.56. The molecule has 0 aromatic carbocycles. The normalized spacial score (nSPS) is 24.0. The number of carbonyl (C=O) groups is 1. The predicted molar refractivity (Wildman–Crippen MR) is 86.2 cm³/mol. The van der Waals surface area contributed by atoms with Gasteiger partial charge in [-0.1, -0.05) is 41.5 Å². The third-order valence-corrected chi connectivity index (χ3v) is 4.56. The van der Waals surface area contributed by atoms with Crippen molar-refractivity contribution in [1.29, 1.82) is 0 Å². The van der Waals surface area contributed by atoms with Gasteiger partial charge in [0, 0.05) is 32.0 Å². The third-order valence-electron chi connectivity index (χ3n) is 4.56.